The number of phenols is 1. The summed E-state index contributed by atoms with van der Waals surface area (Å²) < 4.78 is 0. The Balaban J connectivity index is 1.38. The van der Waals surface area contributed by atoms with E-state index in [0.717, 1.165) is 19.3 Å². The molecule has 2 aliphatic rings. The summed E-state index contributed by atoms with van der Waals surface area (Å²) in [6.07, 6.45) is 8.83. The first-order valence-electron chi connectivity index (χ1n) is 38.2. The number of amides is 5. The molecule has 600 valence electrons. The molecule has 2 heterocycles. The van der Waals surface area contributed by atoms with E-state index in [1.54, 1.807) is 61.7 Å². The second-order valence-corrected chi connectivity index (χ2v) is 30.1. The van der Waals surface area contributed by atoms with Gasteiger partial charge in [0, 0.05) is 36.9 Å². The minimum Gasteiger partial charge on any atom is -0.508 e. The van der Waals surface area contributed by atoms with Crippen LogP contribution < -0.4 is 64.9 Å². The van der Waals surface area contributed by atoms with E-state index < -0.39 is 173 Å². The number of rotatable bonds is 27. The smallest absolute Gasteiger partial charge is 0.303 e. The molecule has 4 aromatic rings. The average Bonchev–Trinajstić information content (AvgIpc) is 1.54. The number of aromatic nitrogens is 1. The van der Waals surface area contributed by atoms with Gasteiger partial charge in [-0.3, -0.25) is 62.3 Å². The van der Waals surface area contributed by atoms with E-state index in [9.17, 15) is 68.1 Å². The summed E-state index contributed by atoms with van der Waals surface area (Å²) in [5.74, 6) is -11.8. The number of aliphatic carboxylic acids is 1. The summed E-state index contributed by atoms with van der Waals surface area (Å²) in [5.41, 5.74) is 22.2. The lowest BCUT2D eigenvalue weighted by atomic mass is 9.80. The molecule has 1 aliphatic heterocycles. The van der Waals surface area contributed by atoms with Crippen molar-refractivity contribution < 1.29 is 82.4 Å². The summed E-state index contributed by atoms with van der Waals surface area (Å²) >= 11 is 0. The first-order chi connectivity index (χ1) is 52.3. The van der Waals surface area contributed by atoms with E-state index in [1.807, 2.05) is 32.1 Å². The molecule has 110 heavy (non-hydrogen) atoms. The summed E-state index contributed by atoms with van der Waals surface area (Å²) in [4.78, 5) is 199. The largest absolute Gasteiger partial charge is 0.508 e. The van der Waals surface area contributed by atoms with E-state index in [2.05, 4.69) is 64.1 Å². The number of carbonyl (C=O) groups excluding carboxylic acids is 13. The number of ketones is 7. The number of benzene rings is 3. The van der Waals surface area contributed by atoms with Gasteiger partial charge in [-0.15, -0.1) is 0 Å². The highest BCUT2D eigenvalue weighted by Gasteiger charge is 2.43. The topological polar surface area (TPSA) is 474 Å². The monoisotopic (exact) mass is 1530 g/mol. The second-order valence-electron chi connectivity index (χ2n) is 30.1. The average molecular weight is 1530 g/mol. The standard InChI is InChI=1S/C80H113N13O17/c1-48(2)39-64(84-51(5)96)76(108)86-71(50(4)95)75(107)74(106)63(40-52-23-16-15-17-24-52)92-93-80(7)38-21-14-12-10-8-9-11-13-20-37-79(6,47-94)87-77(109)65(42-53-25-22-26-53)91-88-59(33-35-69(81)101)68(100)46-82-49(3)66(98)44-67(99)61(43-55-45-83-58-28-19-18-27-57(55)58)89-90-62(41-54-29-31-56(97)32-30-54)73(105)72(104)60(85-78(80)110)34-36-70(102)103/h9,11,15-19,23-24,27-32,45,47-50,53,59-65,71,82-83,88-93,95,97H,8,10,12-14,20-22,25-26,33-44,46H2,1-7H3,(H2,81,101)(H,84,96)(H,85,110)(H,86,108)(H,87,109)(H,102,103)/t49-,50+,59-,60-,61-,62-,63-,64-,65-,71-,79-,80+/m0/s1. The van der Waals surface area contributed by atoms with Crippen molar-refractivity contribution >= 4 is 93.2 Å². The van der Waals surface area contributed by atoms with Gasteiger partial charge in [0.1, 0.15) is 35.7 Å². The molecule has 5 amide bonds. The Hall–Kier alpha value is -9.40. The van der Waals surface area contributed by atoms with Crippen molar-refractivity contribution in [2.24, 2.45) is 17.6 Å². The fourth-order valence-corrected chi connectivity index (χ4v) is 13.2. The normalized spacial score (nSPS) is 24.1. The van der Waals surface area contributed by atoms with Gasteiger partial charge < -0.3 is 57.4 Å². The number of para-hydroxylation sites is 1. The van der Waals surface area contributed by atoms with Crippen molar-refractivity contribution in [3.8, 4) is 5.75 Å². The lowest BCUT2D eigenvalue weighted by Gasteiger charge is -2.34. The van der Waals surface area contributed by atoms with Gasteiger partial charge in [0.15, 0.2) is 17.3 Å². The molecule has 1 fully saturated rings. The maximum Gasteiger partial charge on any atom is 0.303 e. The van der Waals surface area contributed by atoms with Crippen molar-refractivity contribution in [1.82, 2.24) is 64.1 Å². The first kappa shape index (κ1) is 89.5. The van der Waals surface area contributed by atoms with Gasteiger partial charge in [0.25, 0.3) is 0 Å². The summed E-state index contributed by atoms with van der Waals surface area (Å²) in [6, 6.07) is 8.75. The number of carboxylic acids is 1. The molecule has 0 spiro atoms. The van der Waals surface area contributed by atoms with Crippen LogP contribution in [0.15, 0.2) is 97.2 Å². The fourth-order valence-electron chi connectivity index (χ4n) is 13.2. The molecule has 0 radical (unpaired) electrons. The number of allylic oxidation sites excluding steroid dienone is 2. The Bertz CT molecular complexity index is 3840. The van der Waals surface area contributed by atoms with E-state index in [1.165, 1.54) is 52.0 Å². The number of carbonyl (C=O) groups is 14. The number of aromatic hydroxyl groups is 1. The van der Waals surface area contributed by atoms with Crippen molar-refractivity contribution in [1.29, 1.82) is 0 Å². The Morgan fingerprint density at radius 2 is 1.31 bits per heavy atom. The third kappa shape index (κ3) is 29.1. The second kappa shape index (κ2) is 44.4. The zero-order valence-electron chi connectivity index (χ0n) is 64.1. The predicted octanol–water partition coefficient (Wildman–Crippen LogP) is 3.51. The number of carboxylic acid groups (broad SMARTS) is 1. The Kier molecular flexibility index (Phi) is 36.2. The highest BCUT2D eigenvalue weighted by molar-refractivity contribution is 6.42. The number of fused-ring (bicyclic) bond motifs is 1. The first-order valence-corrected chi connectivity index (χ1v) is 38.2. The number of hydrogen-bond acceptors (Lipinski definition) is 23. The van der Waals surface area contributed by atoms with Crippen LogP contribution in [0.1, 0.15) is 187 Å². The summed E-state index contributed by atoms with van der Waals surface area (Å²) in [6.45, 7) is 10.1. The van der Waals surface area contributed by atoms with Crippen LogP contribution in [-0.2, 0) is 86.4 Å². The highest BCUT2D eigenvalue weighted by Crippen LogP contribution is 2.31. The van der Waals surface area contributed by atoms with Crippen molar-refractivity contribution in [2.75, 3.05) is 6.54 Å². The number of phenolic OH excluding ortho intramolecular Hbond substituents is 1. The van der Waals surface area contributed by atoms with Crippen molar-refractivity contribution in [3.63, 3.8) is 0 Å². The molecule has 6 rings (SSSR count). The number of aromatic amines is 1. The third-order valence-corrected chi connectivity index (χ3v) is 20.2. The number of Topliss-reactive ketones (excluding diaryl/α,β-unsaturated/α-hetero) is 7. The quantitative estimate of drug-likeness (QED) is 0.0133. The Morgan fingerprint density at radius 1 is 0.673 bits per heavy atom. The molecule has 1 aromatic heterocycles. The van der Waals surface area contributed by atoms with E-state index in [-0.39, 0.29) is 69.0 Å². The van der Waals surface area contributed by atoms with Gasteiger partial charge in [-0.05, 0) is 158 Å². The number of hydrazine groups is 3. The van der Waals surface area contributed by atoms with Crippen LogP contribution in [0.3, 0.4) is 0 Å². The van der Waals surface area contributed by atoms with Crippen LogP contribution in [0.25, 0.3) is 10.9 Å². The summed E-state index contributed by atoms with van der Waals surface area (Å²) in [5, 5.41) is 45.6. The van der Waals surface area contributed by atoms with Crippen LogP contribution in [-0.4, -0.2) is 181 Å². The molecule has 1 aliphatic carbocycles. The van der Waals surface area contributed by atoms with Gasteiger partial charge in [-0.2, -0.15) is 0 Å². The number of nitrogens with two attached hydrogens (primary N) is 1. The number of aliphatic hydroxyl groups is 1. The molecule has 12 atom stereocenters. The molecule has 0 unspecified atom stereocenters. The number of aliphatic hydroxyl groups excluding tert-OH is 1. The van der Waals surface area contributed by atoms with Gasteiger partial charge in [0.05, 0.1) is 60.9 Å². The zero-order valence-corrected chi connectivity index (χ0v) is 64.1. The van der Waals surface area contributed by atoms with Gasteiger partial charge in [-0.1, -0.05) is 125 Å². The van der Waals surface area contributed by atoms with Gasteiger partial charge in [-0.25, -0.2) is 32.6 Å². The third-order valence-electron chi connectivity index (χ3n) is 20.2. The SMILES string of the molecule is CC(=O)N[C@@H](CC(C)C)C(=O)N[C@H](C(=O)C(=O)[C@H](Cc1ccccc1)NN[C@]1(C)CCCCCCC=CCCC[C@@](C)(C=O)NC(=O)[C@H](CC2CCC2)NN[C@@H](CCC(N)=O)C(=O)CN[C@@H](C)C(=O)CC(=O)[C@H](Cc2c[nH]c3ccccc23)NN[C@@H](Cc2ccc(O)cc2)C(=O)C(=O)[C@H](CCC(=O)O)NC1=O)[C@@H](C)O. The number of hydrogen-bond donors (Lipinski definition) is 16. The molecule has 0 saturated heterocycles. The van der Waals surface area contributed by atoms with E-state index in [4.69, 9.17) is 5.73 Å². The highest BCUT2D eigenvalue weighted by atomic mass is 16.4. The van der Waals surface area contributed by atoms with E-state index in [0.29, 0.717) is 85.2 Å². The lowest BCUT2D eigenvalue weighted by molar-refractivity contribution is -0.143. The molecule has 30 heteroatoms. The fraction of sp³-hybridized carbons (Fsp3) is 0.550. The number of nitrogens with one attached hydrogen (secondary N) is 12. The van der Waals surface area contributed by atoms with Crippen molar-refractivity contribution in [3.05, 3.63) is 114 Å². The predicted molar refractivity (Wildman–Crippen MR) is 410 cm³/mol. The number of primary amides is 1. The number of H-pyrrole nitrogens is 1. The van der Waals surface area contributed by atoms with Crippen molar-refractivity contribution in [2.45, 2.75) is 261 Å². The molecular formula is C80H113N13O17. The molecular weight excluding hydrogens is 1410 g/mol. The Morgan fingerprint density at radius 3 is 1.95 bits per heavy atom. The van der Waals surface area contributed by atoms with Crippen LogP contribution >= 0.6 is 0 Å². The minimum absolute atomic E-state index is 0.0594. The Labute approximate surface area is 642 Å². The lowest BCUT2D eigenvalue weighted by Crippen LogP contribution is -2.66. The van der Waals surface area contributed by atoms with Gasteiger partial charge >= 0.3 is 5.97 Å². The van der Waals surface area contributed by atoms with Crippen LogP contribution in [0, 0.1) is 11.8 Å². The van der Waals surface area contributed by atoms with Gasteiger partial charge in [0.2, 0.25) is 52.7 Å². The maximum absolute atomic E-state index is 15.4. The minimum atomic E-state index is -1.88. The van der Waals surface area contributed by atoms with Crippen LogP contribution in [0.4, 0.5) is 0 Å². The van der Waals surface area contributed by atoms with Crippen LogP contribution in [0.5, 0.6) is 5.75 Å². The molecule has 0 bridgehead atoms. The molecule has 30 nitrogen and oxygen atoms in total. The van der Waals surface area contributed by atoms with Crippen LogP contribution in [0.2, 0.25) is 0 Å². The maximum atomic E-state index is 15.4. The van der Waals surface area contributed by atoms with E-state index >= 15 is 14.4 Å². The molecule has 17 N–H and O–H groups in total. The number of aldehydes is 1. The zero-order chi connectivity index (χ0) is 80.7. The molecule has 1 saturated carbocycles. The summed E-state index contributed by atoms with van der Waals surface area (Å²) in [7, 11) is 0. The molecule has 3 aromatic carbocycles.